The molecule has 2 nitrogen and oxygen atoms in total. The Morgan fingerprint density at radius 1 is 1.50 bits per heavy atom. The van der Waals surface area contributed by atoms with E-state index in [1.807, 2.05) is 13.0 Å². The molecule has 14 heavy (non-hydrogen) atoms. The molecule has 0 aromatic heterocycles. The van der Waals surface area contributed by atoms with Crippen LogP contribution in [0.25, 0.3) is 0 Å². The first-order chi connectivity index (χ1) is 6.72. The van der Waals surface area contributed by atoms with Crippen LogP contribution in [-0.4, -0.2) is 0 Å². The maximum Gasteiger partial charge on any atom is 0.0994 e. The molecule has 1 aliphatic rings. The van der Waals surface area contributed by atoms with Crippen molar-refractivity contribution in [3.63, 3.8) is 0 Å². The molecule has 2 heteroatoms. The molecule has 0 aliphatic heterocycles. The molecular weight excluding hydrogens is 172 g/mol. The number of benzene rings is 1. The monoisotopic (exact) mass is 186 g/mol. The number of aryl methyl sites for hydroxylation is 2. The quantitative estimate of drug-likeness (QED) is 0.675. The van der Waals surface area contributed by atoms with Gasteiger partial charge in [-0.2, -0.15) is 5.26 Å². The van der Waals surface area contributed by atoms with E-state index in [1.54, 1.807) is 0 Å². The van der Waals surface area contributed by atoms with Crippen LogP contribution in [0.1, 0.15) is 41.1 Å². The Labute approximate surface area is 84.3 Å². The van der Waals surface area contributed by atoms with Gasteiger partial charge in [-0.3, -0.25) is 0 Å². The molecule has 1 aromatic rings. The topological polar surface area (TPSA) is 49.8 Å². The van der Waals surface area contributed by atoms with Crippen LogP contribution in [0, 0.1) is 18.3 Å². The van der Waals surface area contributed by atoms with Crippen molar-refractivity contribution >= 4 is 0 Å². The lowest BCUT2D eigenvalue weighted by Crippen LogP contribution is -2.17. The fourth-order valence-electron chi connectivity index (χ4n) is 2.13. The number of nitriles is 1. The summed E-state index contributed by atoms with van der Waals surface area (Å²) in [5, 5.41) is 8.92. The van der Waals surface area contributed by atoms with E-state index in [1.165, 1.54) is 17.5 Å². The Bertz CT molecular complexity index is 402. The Morgan fingerprint density at radius 3 is 3.00 bits per heavy atom. The predicted molar refractivity (Wildman–Crippen MR) is 55.8 cm³/mol. The Balaban J connectivity index is 2.56. The van der Waals surface area contributed by atoms with Crippen LogP contribution in [0.2, 0.25) is 0 Å². The van der Waals surface area contributed by atoms with Crippen molar-refractivity contribution in [2.24, 2.45) is 5.73 Å². The lowest BCUT2D eigenvalue weighted by atomic mass is 9.86. The summed E-state index contributed by atoms with van der Waals surface area (Å²) in [4.78, 5) is 0. The highest BCUT2D eigenvalue weighted by Crippen LogP contribution is 2.29. The van der Waals surface area contributed by atoms with Gasteiger partial charge in [0.2, 0.25) is 0 Å². The summed E-state index contributed by atoms with van der Waals surface area (Å²) < 4.78 is 0. The van der Waals surface area contributed by atoms with Crippen molar-refractivity contribution in [3.8, 4) is 6.07 Å². The van der Waals surface area contributed by atoms with Crippen LogP contribution < -0.4 is 5.73 Å². The first-order valence-electron chi connectivity index (χ1n) is 5.01. The first kappa shape index (κ1) is 9.23. The Hall–Kier alpha value is -1.33. The van der Waals surface area contributed by atoms with E-state index in [9.17, 15) is 0 Å². The van der Waals surface area contributed by atoms with Gasteiger partial charge in [-0.1, -0.05) is 6.07 Å². The van der Waals surface area contributed by atoms with Gasteiger partial charge in [0, 0.05) is 6.04 Å². The zero-order chi connectivity index (χ0) is 10.1. The highest BCUT2D eigenvalue weighted by molar-refractivity contribution is 5.46. The van der Waals surface area contributed by atoms with Crippen LogP contribution in [0.5, 0.6) is 0 Å². The minimum absolute atomic E-state index is 0.131. The fourth-order valence-corrected chi connectivity index (χ4v) is 2.13. The largest absolute Gasteiger partial charge is 0.324 e. The summed E-state index contributed by atoms with van der Waals surface area (Å²) in [5.41, 5.74) is 10.4. The highest BCUT2D eigenvalue weighted by atomic mass is 14.6. The van der Waals surface area contributed by atoms with Crippen molar-refractivity contribution in [1.29, 1.82) is 5.26 Å². The number of hydrogen-bond acceptors (Lipinski definition) is 2. The molecule has 1 aromatic carbocycles. The smallest absolute Gasteiger partial charge is 0.0994 e. The summed E-state index contributed by atoms with van der Waals surface area (Å²) >= 11 is 0. The van der Waals surface area contributed by atoms with Crippen molar-refractivity contribution < 1.29 is 0 Å². The lowest BCUT2D eigenvalue weighted by molar-refractivity contribution is 0.570. The van der Waals surface area contributed by atoms with Crippen LogP contribution in [0.3, 0.4) is 0 Å². The molecule has 1 aliphatic carbocycles. The van der Waals surface area contributed by atoms with Gasteiger partial charge in [0.05, 0.1) is 11.6 Å². The molecular formula is C12H14N2. The lowest BCUT2D eigenvalue weighted by Gasteiger charge is -2.22. The van der Waals surface area contributed by atoms with Crippen LogP contribution in [-0.2, 0) is 6.42 Å². The molecule has 1 atom stereocenters. The predicted octanol–water partition coefficient (Wildman–Crippen LogP) is 2.20. The number of nitrogens with zero attached hydrogens (tertiary/aromatic N) is 1. The standard InChI is InChI=1S/C12H14N2/c1-8-5-9-3-2-4-12(14)11(9)6-10(8)7-13/h5-6,12H,2-4,14H2,1H3/t12-/m1/s1. The van der Waals surface area contributed by atoms with Gasteiger partial charge in [0.15, 0.2) is 0 Å². The number of nitrogens with two attached hydrogens (primary N) is 1. The fraction of sp³-hybridized carbons (Fsp3) is 0.417. The maximum absolute atomic E-state index is 8.92. The number of fused-ring (bicyclic) bond motifs is 1. The van der Waals surface area contributed by atoms with Gasteiger partial charge < -0.3 is 5.73 Å². The van der Waals surface area contributed by atoms with Gasteiger partial charge in [0.1, 0.15) is 0 Å². The van der Waals surface area contributed by atoms with Crippen LogP contribution in [0.4, 0.5) is 0 Å². The molecule has 0 spiro atoms. The van der Waals surface area contributed by atoms with Gasteiger partial charge in [-0.25, -0.2) is 0 Å². The second kappa shape index (κ2) is 3.43. The van der Waals surface area contributed by atoms with Crippen molar-refractivity contribution in [2.45, 2.75) is 32.2 Å². The normalized spacial score (nSPS) is 19.9. The van der Waals surface area contributed by atoms with E-state index < -0.39 is 0 Å². The highest BCUT2D eigenvalue weighted by Gasteiger charge is 2.17. The van der Waals surface area contributed by atoms with E-state index in [2.05, 4.69) is 12.1 Å². The average Bonchev–Trinajstić information content (AvgIpc) is 2.17. The van der Waals surface area contributed by atoms with E-state index in [0.717, 1.165) is 24.0 Å². The van der Waals surface area contributed by atoms with E-state index in [0.29, 0.717) is 0 Å². The molecule has 0 heterocycles. The Kier molecular flexibility index (Phi) is 2.26. The summed E-state index contributed by atoms with van der Waals surface area (Å²) in [6.07, 6.45) is 3.32. The van der Waals surface area contributed by atoms with Crippen LogP contribution in [0.15, 0.2) is 12.1 Å². The summed E-state index contributed by atoms with van der Waals surface area (Å²) in [7, 11) is 0. The van der Waals surface area contributed by atoms with E-state index >= 15 is 0 Å². The molecule has 72 valence electrons. The summed E-state index contributed by atoms with van der Waals surface area (Å²) in [5.74, 6) is 0. The SMILES string of the molecule is Cc1cc2c(cc1C#N)[C@H](N)CCC2. The number of rotatable bonds is 0. The summed E-state index contributed by atoms with van der Waals surface area (Å²) in [6, 6.07) is 6.43. The maximum atomic E-state index is 8.92. The molecule has 0 amide bonds. The van der Waals surface area contributed by atoms with E-state index in [4.69, 9.17) is 11.0 Å². The average molecular weight is 186 g/mol. The zero-order valence-electron chi connectivity index (χ0n) is 8.38. The van der Waals surface area contributed by atoms with Crippen molar-refractivity contribution in [3.05, 3.63) is 34.4 Å². The van der Waals surface area contributed by atoms with Gasteiger partial charge in [-0.15, -0.1) is 0 Å². The summed E-state index contributed by atoms with van der Waals surface area (Å²) in [6.45, 7) is 1.99. The third-order valence-corrected chi connectivity index (χ3v) is 2.97. The third-order valence-electron chi connectivity index (χ3n) is 2.97. The van der Waals surface area contributed by atoms with Gasteiger partial charge in [0.25, 0.3) is 0 Å². The molecule has 0 saturated heterocycles. The first-order valence-corrected chi connectivity index (χ1v) is 5.01. The molecule has 2 rings (SSSR count). The molecule has 0 bridgehead atoms. The van der Waals surface area contributed by atoms with Crippen molar-refractivity contribution in [1.82, 2.24) is 0 Å². The third kappa shape index (κ3) is 1.40. The minimum atomic E-state index is 0.131. The molecule has 0 unspecified atom stereocenters. The molecule has 2 N–H and O–H groups in total. The van der Waals surface area contributed by atoms with Gasteiger partial charge in [-0.05, 0) is 48.9 Å². The Morgan fingerprint density at radius 2 is 2.29 bits per heavy atom. The molecule has 0 fully saturated rings. The molecule has 0 radical (unpaired) electrons. The minimum Gasteiger partial charge on any atom is -0.324 e. The van der Waals surface area contributed by atoms with Crippen molar-refractivity contribution in [2.75, 3.05) is 0 Å². The zero-order valence-corrected chi connectivity index (χ0v) is 8.38. The molecule has 0 saturated carbocycles. The second-order valence-corrected chi connectivity index (χ2v) is 3.98. The van der Waals surface area contributed by atoms with Gasteiger partial charge >= 0.3 is 0 Å². The van der Waals surface area contributed by atoms with E-state index in [-0.39, 0.29) is 6.04 Å². The second-order valence-electron chi connectivity index (χ2n) is 3.98. The number of hydrogen-bond donors (Lipinski definition) is 1. The van der Waals surface area contributed by atoms with Crippen LogP contribution >= 0.6 is 0 Å².